The third-order valence-corrected chi connectivity index (χ3v) is 4.21. The fraction of sp³-hybridized carbons (Fsp3) is 0.176. The molecule has 2 heterocycles. The van der Waals surface area contributed by atoms with E-state index in [-0.39, 0.29) is 0 Å². The quantitative estimate of drug-likeness (QED) is 0.620. The molecule has 0 radical (unpaired) electrons. The lowest BCUT2D eigenvalue weighted by molar-refractivity contribution is -0.690. The largest absolute Gasteiger partial charge is 0.508 e. The first-order valence-corrected chi connectivity index (χ1v) is 7.04. The predicted molar refractivity (Wildman–Crippen MR) is 78.7 cm³/mol. The van der Waals surface area contributed by atoms with E-state index in [0.29, 0.717) is 11.8 Å². The van der Waals surface area contributed by atoms with E-state index in [1.54, 1.807) is 12.1 Å². The van der Waals surface area contributed by atoms with Crippen molar-refractivity contribution >= 4 is 10.9 Å². The van der Waals surface area contributed by atoms with Crippen LogP contribution < -0.4 is 5.32 Å². The van der Waals surface area contributed by atoms with Gasteiger partial charge < -0.3 is 15.4 Å². The van der Waals surface area contributed by atoms with Crippen molar-refractivity contribution in [2.75, 3.05) is 6.54 Å². The van der Waals surface area contributed by atoms with Gasteiger partial charge in [0.15, 0.2) is 6.04 Å². The topological polar surface area (TPSA) is 52.6 Å². The molecule has 4 N–H and O–H groups in total. The lowest BCUT2D eigenvalue weighted by Crippen LogP contribution is -2.87. The van der Waals surface area contributed by atoms with Crippen molar-refractivity contribution < 1.29 is 10.4 Å². The average molecular weight is 265 g/mol. The summed E-state index contributed by atoms with van der Waals surface area (Å²) in [4.78, 5) is 3.59. The van der Waals surface area contributed by atoms with Gasteiger partial charge in [0.1, 0.15) is 5.75 Å². The minimum atomic E-state index is 0.298. The summed E-state index contributed by atoms with van der Waals surface area (Å²) in [6.45, 7) is 1.10. The van der Waals surface area contributed by atoms with Gasteiger partial charge in [0.2, 0.25) is 0 Å². The van der Waals surface area contributed by atoms with Crippen LogP contribution >= 0.6 is 0 Å². The number of fused-ring (bicyclic) bond motifs is 3. The second-order valence-electron chi connectivity index (χ2n) is 5.41. The van der Waals surface area contributed by atoms with Crippen LogP contribution in [0.4, 0.5) is 0 Å². The van der Waals surface area contributed by atoms with E-state index >= 15 is 0 Å². The molecular formula is C17H17N2O+. The van der Waals surface area contributed by atoms with Crippen LogP contribution in [0.25, 0.3) is 10.9 Å². The highest BCUT2D eigenvalue weighted by Crippen LogP contribution is 2.30. The lowest BCUT2D eigenvalue weighted by Gasteiger charge is -2.21. The Morgan fingerprint density at radius 3 is 2.70 bits per heavy atom. The molecule has 3 aromatic rings. The fourth-order valence-electron chi connectivity index (χ4n) is 3.25. The molecule has 4 rings (SSSR count). The van der Waals surface area contributed by atoms with Crippen LogP contribution in [-0.4, -0.2) is 16.6 Å². The van der Waals surface area contributed by atoms with Crippen LogP contribution in [0.2, 0.25) is 0 Å². The van der Waals surface area contributed by atoms with Gasteiger partial charge in [-0.3, -0.25) is 0 Å². The molecule has 0 saturated heterocycles. The van der Waals surface area contributed by atoms with Gasteiger partial charge in [0.05, 0.1) is 12.2 Å². The summed E-state index contributed by atoms with van der Waals surface area (Å²) < 4.78 is 0. The number of H-pyrrole nitrogens is 1. The number of nitrogens with two attached hydrogens (primary N) is 1. The molecule has 1 aromatic heterocycles. The number of quaternary nitrogens is 1. The van der Waals surface area contributed by atoms with Crippen molar-refractivity contribution in [3.8, 4) is 5.75 Å². The number of phenolic OH excluding ortho intramolecular Hbond substituents is 1. The standard InChI is InChI=1S/C17H16N2O/c20-12-7-5-11(6-8-12)16-17-14(9-10-18-16)13-3-1-2-4-15(13)19-17/h1-8,16,18-20H,9-10H2/p+1/t16-/m0/s1. The third kappa shape index (κ3) is 1.71. The number of hydrogen-bond donors (Lipinski definition) is 3. The van der Waals surface area contributed by atoms with Crippen molar-refractivity contribution in [2.24, 2.45) is 0 Å². The summed E-state index contributed by atoms with van der Waals surface area (Å²) in [5.41, 5.74) is 5.20. The van der Waals surface area contributed by atoms with Crippen molar-refractivity contribution in [3.63, 3.8) is 0 Å². The number of aromatic nitrogens is 1. The van der Waals surface area contributed by atoms with Crippen molar-refractivity contribution in [3.05, 3.63) is 65.4 Å². The molecule has 0 amide bonds. The van der Waals surface area contributed by atoms with Gasteiger partial charge in [-0.15, -0.1) is 0 Å². The summed E-state index contributed by atoms with van der Waals surface area (Å²) in [5, 5.41) is 13.2. The van der Waals surface area contributed by atoms with E-state index in [9.17, 15) is 5.11 Å². The van der Waals surface area contributed by atoms with Gasteiger partial charge in [0.25, 0.3) is 0 Å². The van der Waals surface area contributed by atoms with E-state index in [1.807, 2.05) is 12.1 Å². The van der Waals surface area contributed by atoms with Gasteiger partial charge in [-0.2, -0.15) is 0 Å². The van der Waals surface area contributed by atoms with E-state index < -0.39 is 0 Å². The summed E-state index contributed by atoms with van der Waals surface area (Å²) >= 11 is 0. The van der Waals surface area contributed by atoms with Crippen molar-refractivity contribution in [1.82, 2.24) is 4.98 Å². The Bertz CT molecular complexity index is 758. The number of phenols is 1. The molecular weight excluding hydrogens is 248 g/mol. The Balaban J connectivity index is 1.87. The summed E-state index contributed by atoms with van der Waals surface area (Å²) in [6.07, 6.45) is 1.11. The number of aromatic hydroxyl groups is 1. The number of para-hydroxylation sites is 1. The van der Waals surface area contributed by atoms with E-state index in [1.165, 1.54) is 27.7 Å². The number of nitrogens with one attached hydrogen (secondary N) is 1. The molecule has 3 heteroatoms. The molecule has 0 aliphatic carbocycles. The molecule has 0 saturated carbocycles. The van der Waals surface area contributed by atoms with E-state index in [2.05, 4.69) is 34.6 Å². The minimum Gasteiger partial charge on any atom is -0.508 e. The Morgan fingerprint density at radius 2 is 1.85 bits per heavy atom. The first-order chi connectivity index (χ1) is 9.83. The van der Waals surface area contributed by atoms with Crippen LogP contribution in [0.5, 0.6) is 5.75 Å². The molecule has 1 aliphatic rings. The molecule has 1 aliphatic heterocycles. The molecule has 0 spiro atoms. The van der Waals surface area contributed by atoms with E-state index in [0.717, 1.165) is 13.0 Å². The highest BCUT2D eigenvalue weighted by atomic mass is 16.3. The Labute approximate surface area is 117 Å². The Morgan fingerprint density at radius 1 is 1.05 bits per heavy atom. The van der Waals surface area contributed by atoms with Gasteiger partial charge in [-0.1, -0.05) is 18.2 Å². The second kappa shape index (κ2) is 4.39. The number of aromatic amines is 1. The van der Waals surface area contributed by atoms with Crippen LogP contribution in [0.15, 0.2) is 48.5 Å². The van der Waals surface area contributed by atoms with Gasteiger partial charge in [-0.05, 0) is 35.9 Å². The van der Waals surface area contributed by atoms with E-state index in [4.69, 9.17) is 0 Å². The first-order valence-electron chi connectivity index (χ1n) is 7.04. The van der Waals surface area contributed by atoms with Crippen LogP contribution in [0.1, 0.15) is 22.9 Å². The zero-order valence-corrected chi connectivity index (χ0v) is 11.1. The zero-order chi connectivity index (χ0) is 13.5. The lowest BCUT2D eigenvalue weighted by atomic mass is 9.94. The fourth-order valence-corrected chi connectivity index (χ4v) is 3.25. The summed E-state index contributed by atoms with van der Waals surface area (Å²) in [5.74, 6) is 0.321. The van der Waals surface area contributed by atoms with Gasteiger partial charge in [-0.25, -0.2) is 0 Å². The molecule has 20 heavy (non-hydrogen) atoms. The number of rotatable bonds is 1. The van der Waals surface area contributed by atoms with Gasteiger partial charge >= 0.3 is 0 Å². The van der Waals surface area contributed by atoms with Crippen molar-refractivity contribution in [2.45, 2.75) is 12.5 Å². The zero-order valence-electron chi connectivity index (χ0n) is 11.1. The molecule has 0 unspecified atom stereocenters. The maximum atomic E-state index is 9.45. The predicted octanol–water partition coefficient (Wildman–Crippen LogP) is 2.08. The SMILES string of the molecule is Oc1ccc([C@@H]2[NH2+]CCc3c2[nH]c2ccccc32)cc1. The smallest absolute Gasteiger partial charge is 0.153 e. The van der Waals surface area contributed by atoms with Crippen LogP contribution in [-0.2, 0) is 6.42 Å². The van der Waals surface area contributed by atoms with Gasteiger partial charge in [0, 0.05) is 22.9 Å². The third-order valence-electron chi connectivity index (χ3n) is 4.21. The molecule has 100 valence electrons. The second-order valence-corrected chi connectivity index (χ2v) is 5.41. The summed E-state index contributed by atoms with van der Waals surface area (Å²) in [6, 6.07) is 16.4. The normalized spacial score (nSPS) is 18.1. The molecule has 1 atom stereocenters. The first kappa shape index (κ1) is 11.6. The maximum absolute atomic E-state index is 9.45. The minimum absolute atomic E-state index is 0.298. The molecule has 0 fully saturated rings. The molecule has 2 aromatic carbocycles. The van der Waals surface area contributed by atoms with Crippen LogP contribution in [0, 0.1) is 0 Å². The molecule has 3 nitrogen and oxygen atoms in total. The Hall–Kier alpha value is -2.26. The summed E-state index contributed by atoms with van der Waals surface area (Å²) in [7, 11) is 0. The number of hydrogen-bond acceptors (Lipinski definition) is 1. The highest BCUT2D eigenvalue weighted by Gasteiger charge is 2.28. The van der Waals surface area contributed by atoms with Crippen molar-refractivity contribution in [1.29, 1.82) is 0 Å². The van der Waals surface area contributed by atoms with Crippen LogP contribution in [0.3, 0.4) is 0 Å². The Kier molecular flexibility index (Phi) is 2.54. The highest BCUT2D eigenvalue weighted by molar-refractivity contribution is 5.85. The maximum Gasteiger partial charge on any atom is 0.153 e. The monoisotopic (exact) mass is 265 g/mol. The average Bonchev–Trinajstić information content (AvgIpc) is 2.87. The molecule has 0 bridgehead atoms. The number of benzene rings is 2.